The van der Waals surface area contributed by atoms with Gasteiger partial charge >= 0.3 is 0 Å². The number of hydrogen-bond donors (Lipinski definition) is 0. The first-order chi connectivity index (χ1) is 5.27. The van der Waals surface area contributed by atoms with Crippen LogP contribution in [-0.4, -0.2) is 9.78 Å². The third-order valence-corrected chi connectivity index (χ3v) is 3.09. The molecule has 0 atom stereocenters. The van der Waals surface area contributed by atoms with Crippen molar-refractivity contribution in [3.05, 3.63) is 16.4 Å². The van der Waals surface area contributed by atoms with Gasteiger partial charge in [0.15, 0.2) is 0 Å². The van der Waals surface area contributed by atoms with Gasteiger partial charge in [-0.05, 0) is 42.1 Å². The van der Waals surface area contributed by atoms with Crippen molar-refractivity contribution in [3.8, 4) is 0 Å². The van der Waals surface area contributed by atoms with Crippen LogP contribution >= 0.6 is 15.9 Å². The van der Waals surface area contributed by atoms with Gasteiger partial charge in [-0.2, -0.15) is 5.10 Å². The van der Waals surface area contributed by atoms with E-state index in [1.54, 1.807) is 0 Å². The second-order valence-electron chi connectivity index (χ2n) is 3.17. The molecule has 2 nitrogen and oxygen atoms in total. The molecule has 60 valence electrons. The highest BCUT2D eigenvalue weighted by Crippen LogP contribution is 2.31. The molecule has 0 unspecified atom stereocenters. The summed E-state index contributed by atoms with van der Waals surface area (Å²) < 4.78 is 3.08. The Bertz CT molecular complexity index is 244. The van der Waals surface area contributed by atoms with E-state index in [0.29, 0.717) is 6.04 Å². The summed E-state index contributed by atoms with van der Waals surface area (Å²) in [4.78, 5) is 0. The lowest BCUT2D eigenvalue weighted by Crippen LogP contribution is -2.17. The Balaban J connectivity index is 2.24. The Morgan fingerprint density at radius 3 is 2.73 bits per heavy atom. The van der Waals surface area contributed by atoms with Crippen LogP contribution in [0.1, 0.15) is 30.9 Å². The number of halogens is 1. The minimum atomic E-state index is 0.681. The molecule has 1 aromatic rings. The standard InChI is InChI=1S/C8H11BrN2/c1-6-5-11(10-8(6)9)7-3-2-4-7/h5,7H,2-4H2,1H3. The maximum Gasteiger partial charge on any atom is 0.131 e. The van der Waals surface area contributed by atoms with Crippen LogP contribution in [0.3, 0.4) is 0 Å². The van der Waals surface area contributed by atoms with Crippen molar-refractivity contribution in [1.29, 1.82) is 0 Å². The monoisotopic (exact) mass is 214 g/mol. The van der Waals surface area contributed by atoms with Crippen LogP contribution in [0.15, 0.2) is 10.8 Å². The lowest BCUT2D eigenvalue weighted by atomic mass is 9.93. The summed E-state index contributed by atoms with van der Waals surface area (Å²) >= 11 is 3.41. The zero-order chi connectivity index (χ0) is 7.84. The Morgan fingerprint density at radius 1 is 1.64 bits per heavy atom. The molecule has 0 aliphatic heterocycles. The van der Waals surface area contributed by atoms with Gasteiger partial charge in [0.2, 0.25) is 0 Å². The SMILES string of the molecule is Cc1cn(C2CCC2)nc1Br. The molecule has 0 radical (unpaired) electrons. The summed E-state index contributed by atoms with van der Waals surface area (Å²) in [5, 5.41) is 4.37. The molecular weight excluding hydrogens is 204 g/mol. The topological polar surface area (TPSA) is 17.8 Å². The Morgan fingerprint density at radius 2 is 2.36 bits per heavy atom. The lowest BCUT2D eigenvalue weighted by molar-refractivity contribution is 0.288. The third-order valence-electron chi connectivity index (χ3n) is 2.30. The van der Waals surface area contributed by atoms with E-state index in [1.807, 2.05) is 0 Å². The molecule has 1 saturated carbocycles. The maximum absolute atomic E-state index is 4.37. The molecule has 0 bridgehead atoms. The van der Waals surface area contributed by atoms with Gasteiger partial charge in [0.1, 0.15) is 4.60 Å². The van der Waals surface area contributed by atoms with Crippen molar-refractivity contribution >= 4 is 15.9 Å². The Labute approximate surface area is 74.7 Å². The summed E-state index contributed by atoms with van der Waals surface area (Å²) in [5.74, 6) is 0. The van der Waals surface area contributed by atoms with E-state index in [0.717, 1.165) is 4.60 Å². The normalized spacial score (nSPS) is 18.4. The zero-order valence-corrected chi connectivity index (χ0v) is 8.13. The average molecular weight is 215 g/mol. The second kappa shape index (κ2) is 2.63. The molecule has 1 aliphatic carbocycles. The van der Waals surface area contributed by atoms with Crippen molar-refractivity contribution in [2.45, 2.75) is 32.2 Å². The van der Waals surface area contributed by atoms with Crippen LogP contribution < -0.4 is 0 Å². The number of hydrogen-bond acceptors (Lipinski definition) is 1. The number of aromatic nitrogens is 2. The van der Waals surface area contributed by atoms with Crippen molar-refractivity contribution < 1.29 is 0 Å². The van der Waals surface area contributed by atoms with Gasteiger partial charge in [0.25, 0.3) is 0 Å². The summed E-state index contributed by atoms with van der Waals surface area (Å²) in [6.07, 6.45) is 6.08. The van der Waals surface area contributed by atoms with E-state index >= 15 is 0 Å². The van der Waals surface area contributed by atoms with Crippen molar-refractivity contribution in [1.82, 2.24) is 9.78 Å². The summed E-state index contributed by atoms with van der Waals surface area (Å²) in [7, 11) is 0. The van der Waals surface area contributed by atoms with Crippen LogP contribution in [-0.2, 0) is 0 Å². The van der Waals surface area contributed by atoms with Crippen molar-refractivity contribution in [2.75, 3.05) is 0 Å². The fourth-order valence-electron chi connectivity index (χ4n) is 1.30. The molecule has 3 heteroatoms. The van der Waals surface area contributed by atoms with E-state index in [-0.39, 0.29) is 0 Å². The molecule has 11 heavy (non-hydrogen) atoms. The number of rotatable bonds is 1. The Kier molecular flexibility index (Phi) is 1.75. The van der Waals surface area contributed by atoms with E-state index < -0.39 is 0 Å². The molecule has 1 aromatic heterocycles. The molecule has 0 amide bonds. The molecule has 0 saturated heterocycles. The molecule has 0 spiro atoms. The minimum absolute atomic E-state index is 0.681. The van der Waals surface area contributed by atoms with Gasteiger partial charge in [-0.1, -0.05) is 0 Å². The minimum Gasteiger partial charge on any atom is -0.268 e. The molecule has 0 aromatic carbocycles. The summed E-state index contributed by atoms with van der Waals surface area (Å²) in [5.41, 5.74) is 1.23. The molecule has 1 heterocycles. The van der Waals surface area contributed by atoms with Gasteiger partial charge in [-0.15, -0.1) is 0 Å². The van der Waals surface area contributed by atoms with Gasteiger partial charge < -0.3 is 0 Å². The zero-order valence-electron chi connectivity index (χ0n) is 6.55. The lowest BCUT2D eigenvalue weighted by Gasteiger charge is -2.25. The van der Waals surface area contributed by atoms with Crippen LogP contribution in [0, 0.1) is 6.92 Å². The largest absolute Gasteiger partial charge is 0.268 e. The molecule has 1 fully saturated rings. The highest BCUT2D eigenvalue weighted by Gasteiger charge is 2.20. The van der Waals surface area contributed by atoms with E-state index in [4.69, 9.17) is 0 Å². The maximum atomic E-state index is 4.37. The van der Waals surface area contributed by atoms with Gasteiger partial charge in [-0.25, -0.2) is 0 Å². The number of nitrogens with zero attached hydrogens (tertiary/aromatic N) is 2. The fraction of sp³-hybridized carbons (Fsp3) is 0.625. The molecule has 2 rings (SSSR count). The third kappa shape index (κ3) is 1.22. The van der Waals surface area contributed by atoms with Gasteiger partial charge in [0, 0.05) is 11.8 Å². The highest BCUT2D eigenvalue weighted by molar-refractivity contribution is 9.10. The van der Waals surface area contributed by atoms with Crippen LogP contribution in [0.5, 0.6) is 0 Å². The Hall–Kier alpha value is -0.310. The second-order valence-corrected chi connectivity index (χ2v) is 3.92. The molecule has 1 aliphatic rings. The quantitative estimate of drug-likeness (QED) is 0.704. The molecular formula is C8H11BrN2. The van der Waals surface area contributed by atoms with Crippen LogP contribution in [0.4, 0.5) is 0 Å². The first-order valence-electron chi connectivity index (χ1n) is 3.98. The van der Waals surface area contributed by atoms with Gasteiger partial charge in [0.05, 0.1) is 6.04 Å². The number of aryl methyl sites for hydroxylation is 1. The van der Waals surface area contributed by atoms with E-state index in [2.05, 4.69) is 38.8 Å². The first-order valence-corrected chi connectivity index (χ1v) is 4.78. The van der Waals surface area contributed by atoms with Crippen molar-refractivity contribution in [3.63, 3.8) is 0 Å². The summed E-state index contributed by atoms with van der Waals surface area (Å²) in [6, 6.07) is 0.681. The van der Waals surface area contributed by atoms with E-state index in [1.165, 1.54) is 24.8 Å². The smallest absolute Gasteiger partial charge is 0.131 e. The first kappa shape index (κ1) is 7.35. The molecule has 0 N–H and O–H groups in total. The highest BCUT2D eigenvalue weighted by atomic mass is 79.9. The average Bonchev–Trinajstić information content (AvgIpc) is 2.08. The van der Waals surface area contributed by atoms with Gasteiger partial charge in [-0.3, -0.25) is 4.68 Å². The van der Waals surface area contributed by atoms with Crippen LogP contribution in [0.25, 0.3) is 0 Å². The predicted octanol–water partition coefficient (Wildman–Crippen LogP) is 2.68. The van der Waals surface area contributed by atoms with Crippen molar-refractivity contribution in [2.24, 2.45) is 0 Å². The summed E-state index contributed by atoms with van der Waals surface area (Å²) in [6.45, 7) is 2.08. The fourth-order valence-corrected chi connectivity index (χ4v) is 1.58. The predicted molar refractivity (Wildman–Crippen MR) is 47.6 cm³/mol. The van der Waals surface area contributed by atoms with Crippen LogP contribution in [0.2, 0.25) is 0 Å². The van der Waals surface area contributed by atoms with E-state index in [9.17, 15) is 0 Å².